The maximum absolute atomic E-state index is 9.11. The van der Waals surface area contributed by atoms with Crippen molar-refractivity contribution in [2.24, 2.45) is 5.41 Å². The molecular formula is C22H26N8O. The summed E-state index contributed by atoms with van der Waals surface area (Å²) in [5.74, 6) is 1.61. The number of nitrogens with zero attached hydrogens (tertiary/aromatic N) is 8. The molecule has 2 aliphatic rings. The number of pyridine rings is 1. The van der Waals surface area contributed by atoms with Gasteiger partial charge in [-0.3, -0.25) is 4.98 Å². The van der Waals surface area contributed by atoms with E-state index in [0.717, 1.165) is 56.3 Å². The predicted octanol–water partition coefficient (Wildman–Crippen LogP) is 1.93. The first-order valence-electron chi connectivity index (χ1n) is 10.8. The zero-order valence-electron chi connectivity index (χ0n) is 17.7. The first-order chi connectivity index (χ1) is 15.2. The Morgan fingerprint density at radius 1 is 1.19 bits per heavy atom. The number of methoxy groups -OCH3 is 1. The van der Waals surface area contributed by atoms with E-state index in [9.17, 15) is 0 Å². The normalized spacial score (nSPS) is 18.5. The summed E-state index contributed by atoms with van der Waals surface area (Å²) in [4.78, 5) is 9.36. The highest BCUT2D eigenvalue weighted by Crippen LogP contribution is 2.41. The molecule has 0 amide bonds. The van der Waals surface area contributed by atoms with E-state index in [1.54, 1.807) is 24.1 Å². The molecule has 3 aromatic rings. The van der Waals surface area contributed by atoms with Gasteiger partial charge in [0.25, 0.3) is 0 Å². The summed E-state index contributed by atoms with van der Waals surface area (Å²) >= 11 is 0. The van der Waals surface area contributed by atoms with Gasteiger partial charge in [-0.2, -0.15) is 9.78 Å². The lowest BCUT2D eigenvalue weighted by Gasteiger charge is -2.39. The van der Waals surface area contributed by atoms with Crippen LogP contribution < -0.4 is 9.64 Å². The molecular weight excluding hydrogens is 392 g/mol. The van der Waals surface area contributed by atoms with Crippen LogP contribution in [0.15, 0.2) is 30.7 Å². The average molecular weight is 419 g/mol. The summed E-state index contributed by atoms with van der Waals surface area (Å²) in [6.07, 6.45) is 7.77. The number of aromatic nitrogens is 5. The number of hydrogen-bond acceptors (Lipinski definition) is 8. The van der Waals surface area contributed by atoms with E-state index >= 15 is 0 Å². The Hall–Kier alpha value is -3.25. The molecule has 9 heteroatoms. The van der Waals surface area contributed by atoms with Gasteiger partial charge in [-0.25, -0.2) is 0 Å². The summed E-state index contributed by atoms with van der Waals surface area (Å²) in [6.45, 7) is 5.32. The van der Waals surface area contributed by atoms with Crippen LogP contribution >= 0.6 is 0 Å². The highest BCUT2D eigenvalue weighted by atomic mass is 16.5. The molecule has 0 aliphatic carbocycles. The summed E-state index contributed by atoms with van der Waals surface area (Å²) in [5, 5.41) is 21.7. The smallest absolute Gasteiger partial charge is 0.177 e. The highest BCUT2D eigenvalue weighted by Gasteiger charge is 2.41. The lowest BCUT2D eigenvalue weighted by Crippen LogP contribution is -2.42. The first-order valence-corrected chi connectivity index (χ1v) is 10.8. The summed E-state index contributed by atoms with van der Waals surface area (Å²) in [5.41, 5.74) is 2.62. The molecule has 5 heterocycles. The number of ether oxygens (including phenoxy) is 1. The highest BCUT2D eigenvalue weighted by molar-refractivity contribution is 5.46. The number of fused-ring (bicyclic) bond motifs is 1. The van der Waals surface area contributed by atoms with Crippen molar-refractivity contribution in [2.45, 2.75) is 25.7 Å². The number of anilines is 1. The largest absolute Gasteiger partial charge is 0.495 e. The number of rotatable bonds is 5. The lowest BCUT2D eigenvalue weighted by molar-refractivity contribution is 0.121. The van der Waals surface area contributed by atoms with Crippen molar-refractivity contribution in [1.29, 1.82) is 5.26 Å². The van der Waals surface area contributed by atoms with E-state index in [4.69, 9.17) is 10.00 Å². The zero-order valence-corrected chi connectivity index (χ0v) is 17.7. The molecule has 0 saturated carbocycles. The fourth-order valence-electron chi connectivity index (χ4n) is 4.82. The van der Waals surface area contributed by atoms with Crippen LogP contribution in [-0.4, -0.2) is 69.5 Å². The number of hydrogen-bond donors (Lipinski definition) is 0. The van der Waals surface area contributed by atoms with Crippen LogP contribution in [0, 0.1) is 16.7 Å². The van der Waals surface area contributed by atoms with Crippen molar-refractivity contribution in [1.82, 2.24) is 29.7 Å². The van der Waals surface area contributed by atoms with Crippen LogP contribution in [0.5, 0.6) is 5.75 Å². The van der Waals surface area contributed by atoms with Crippen LogP contribution in [0.3, 0.4) is 0 Å². The van der Waals surface area contributed by atoms with Crippen LogP contribution in [0.2, 0.25) is 0 Å². The van der Waals surface area contributed by atoms with Crippen molar-refractivity contribution < 1.29 is 4.74 Å². The first kappa shape index (κ1) is 19.7. The quantitative estimate of drug-likeness (QED) is 0.620. The van der Waals surface area contributed by atoms with Gasteiger partial charge in [0.1, 0.15) is 29.5 Å². The molecule has 0 aromatic carbocycles. The Balaban J connectivity index is 1.16. The number of piperidine rings is 1. The van der Waals surface area contributed by atoms with Crippen LogP contribution in [-0.2, 0) is 6.42 Å². The van der Waals surface area contributed by atoms with Crippen LogP contribution in [0.25, 0.3) is 5.65 Å². The topological polar surface area (TPSA) is 95.5 Å². The molecule has 2 fully saturated rings. The fourth-order valence-corrected chi connectivity index (χ4v) is 4.82. The van der Waals surface area contributed by atoms with Gasteiger partial charge in [0.15, 0.2) is 5.65 Å². The lowest BCUT2D eigenvalue weighted by atomic mass is 9.78. The zero-order chi connectivity index (χ0) is 21.3. The maximum atomic E-state index is 9.11. The second-order valence-electron chi connectivity index (χ2n) is 8.58. The Morgan fingerprint density at radius 3 is 2.84 bits per heavy atom. The van der Waals surface area contributed by atoms with E-state index in [-0.39, 0.29) is 0 Å². The third kappa shape index (κ3) is 3.91. The van der Waals surface area contributed by atoms with E-state index < -0.39 is 0 Å². The van der Waals surface area contributed by atoms with E-state index in [0.29, 0.717) is 16.7 Å². The number of likely N-dealkylation sites (tertiary alicyclic amines) is 1. The second kappa shape index (κ2) is 8.12. The molecule has 2 saturated heterocycles. The average Bonchev–Trinajstić information content (AvgIpc) is 3.45. The third-order valence-electron chi connectivity index (χ3n) is 6.77. The molecule has 9 nitrogen and oxygen atoms in total. The summed E-state index contributed by atoms with van der Waals surface area (Å²) in [7, 11) is 1.59. The van der Waals surface area contributed by atoms with Gasteiger partial charge < -0.3 is 14.5 Å². The van der Waals surface area contributed by atoms with Gasteiger partial charge in [-0.1, -0.05) is 0 Å². The Kier molecular flexibility index (Phi) is 5.16. The van der Waals surface area contributed by atoms with Gasteiger partial charge in [-0.15, -0.1) is 15.3 Å². The van der Waals surface area contributed by atoms with Gasteiger partial charge in [0, 0.05) is 44.0 Å². The van der Waals surface area contributed by atoms with Crippen molar-refractivity contribution in [3.63, 3.8) is 0 Å². The van der Waals surface area contributed by atoms with Gasteiger partial charge in [-0.05, 0) is 49.9 Å². The molecule has 5 rings (SSSR count). The second-order valence-corrected chi connectivity index (χ2v) is 8.58. The van der Waals surface area contributed by atoms with Gasteiger partial charge >= 0.3 is 0 Å². The van der Waals surface area contributed by atoms with Crippen molar-refractivity contribution in [2.75, 3.05) is 44.7 Å². The molecule has 0 atom stereocenters. The van der Waals surface area contributed by atoms with Crippen molar-refractivity contribution in [3.8, 4) is 11.8 Å². The standard InChI is InChI=1S/C22H26N8O/c1-31-19-12-18(24-14-17(19)13-23)4-8-28-9-5-22(6-10-28)7-11-29(15-22)21-3-2-20-26-25-16-30(20)27-21/h2-3,12,14,16H,4-11,15H2,1H3. The fraction of sp³-hybridized carbons (Fsp3) is 0.500. The summed E-state index contributed by atoms with van der Waals surface area (Å²) < 4.78 is 7.05. The SMILES string of the molecule is COc1cc(CCN2CCC3(CC2)CCN(c2ccc4nncn4n2)C3)ncc1C#N. The molecule has 0 N–H and O–H groups in total. The van der Waals surface area contributed by atoms with Crippen LogP contribution in [0.1, 0.15) is 30.5 Å². The molecule has 3 aromatic heterocycles. The Labute approximate surface area is 181 Å². The van der Waals surface area contributed by atoms with Crippen molar-refractivity contribution >= 4 is 11.5 Å². The summed E-state index contributed by atoms with van der Waals surface area (Å²) in [6, 6.07) is 8.04. The van der Waals surface area contributed by atoms with Crippen LogP contribution in [0.4, 0.5) is 5.82 Å². The Morgan fingerprint density at radius 2 is 2.03 bits per heavy atom. The molecule has 160 valence electrons. The monoisotopic (exact) mass is 418 g/mol. The minimum absolute atomic E-state index is 0.385. The van der Waals surface area contributed by atoms with Gasteiger partial charge in [0.05, 0.1) is 7.11 Å². The Bertz CT molecular complexity index is 1110. The molecule has 0 bridgehead atoms. The molecule has 31 heavy (non-hydrogen) atoms. The predicted molar refractivity (Wildman–Crippen MR) is 115 cm³/mol. The van der Waals surface area contributed by atoms with Gasteiger partial charge in [0.2, 0.25) is 0 Å². The molecule has 0 radical (unpaired) electrons. The van der Waals surface area contributed by atoms with E-state index in [1.165, 1.54) is 19.3 Å². The minimum Gasteiger partial charge on any atom is -0.495 e. The number of nitriles is 1. The molecule has 1 spiro atoms. The minimum atomic E-state index is 0.385. The maximum Gasteiger partial charge on any atom is 0.177 e. The third-order valence-corrected chi connectivity index (χ3v) is 6.77. The molecule has 0 unspecified atom stereocenters. The van der Waals surface area contributed by atoms with E-state index in [2.05, 4.69) is 42.2 Å². The van der Waals surface area contributed by atoms with Crippen molar-refractivity contribution in [3.05, 3.63) is 42.0 Å². The molecule has 2 aliphatic heterocycles. The van der Waals surface area contributed by atoms with E-state index in [1.807, 2.05) is 12.1 Å².